The van der Waals surface area contributed by atoms with Gasteiger partial charge in [0.25, 0.3) is 0 Å². The van der Waals surface area contributed by atoms with Gasteiger partial charge in [0.1, 0.15) is 0 Å². The molecule has 0 N–H and O–H groups in total. The van der Waals surface area contributed by atoms with Gasteiger partial charge in [-0.1, -0.05) is 0 Å². The zero-order valence-corrected chi connectivity index (χ0v) is 8.17. The summed E-state index contributed by atoms with van der Waals surface area (Å²) in [6.45, 7) is 3.52. The Bertz CT molecular complexity index is 197. The summed E-state index contributed by atoms with van der Waals surface area (Å²) in [5.74, 6) is 0. The van der Waals surface area contributed by atoms with Gasteiger partial charge in [-0.05, 0) is 39.9 Å². The lowest BCUT2D eigenvalue weighted by Gasteiger charge is -1.94. The van der Waals surface area contributed by atoms with Crippen molar-refractivity contribution >= 4 is 27.3 Å². The predicted molar refractivity (Wildman–Crippen MR) is 47.3 cm³/mol. The van der Waals surface area contributed by atoms with Gasteiger partial charge >= 0.3 is 0 Å². The molecule has 0 fully saturated rings. The van der Waals surface area contributed by atoms with Gasteiger partial charge in [0, 0.05) is 6.61 Å². The molecule has 0 aliphatic carbocycles. The summed E-state index contributed by atoms with van der Waals surface area (Å²) >= 11 is 5.08. The molecule has 0 aliphatic heterocycles. The van der Waals surface area contributed by atoms with E-state index in [2.05, 4.69) is 27.4 Å². The lowest BCUT2D eigenvalue weighted by Crippen LogP contribution is -1.88. The fourth-order valence-electron chi connectivity index (χ4n) is 0.641. The Hall–Kier alpha value is 0.140. The highest BCUT2D eigenvalue weighted by atomic mass is 79.9. The number of ether oxygens (including phenoxy) is 1. The topological polar surface area (TPSA) is 9.23 Å². The summed E-state index contributed by atoms with van der Waals surface area (Å²) in [7, 11) is 0. The molecule has 0 amide bonds. The van der Waals surface area contributed by atoms with Gasteiger partial charge in [-0.15, -0.1) is 11.3 Å². The predicted octanol–water partition coefficient (Wildman–Crippen LogP) is 3.05. The van der Waals surface area contributed by atoms with E-state index in [0.29, 0.717) is 0 Å². The molecule has 1 heterocycles. The summed E-state index contributed by atoms with van der Waals surface area (Å²) in [6, 6.07) is 2.08. The largest absolute Gasteiger partial charge is 0.377 e. The van der Waals surface area contributed by atoms with E-state index in [-0.39, 0.29) is 0 Å². The average Bonchev–Trinajstić information content (AvgIpc) is 2.31. The maximum atomic E-state index is 5.22. The molecule has 0 saturated carbocycles. The van der Waals surface area contributed by atoms with E-state index >= 15 is 0 Å². The molecule has 0 bridgehead atoms. The van der Waals surface area contributed by atoms with E-state index < -0.39 is 0 Å². The second kappa shape index (κ2) is 4.11. The third-order valence-electron chi connectivity index (χ3n) is 1.09. The van der Waals surface area contributed by atoms with Gasteiger partial charge in [0.05, 0.1) is 10.4 Å². The standard InChI is InChI=1S/C7H9BrOS/c1-2-9-4-6-3-7(8)10-5-6/h3,5H,2,4H2,1H3. The summed E-state index contributed by atoms with van der Waals surface area (Å²) in [4.78, 5) is 0. The molecule has 1 rings (SSSR count). The maximum absolute atomic E-state index is 5.22. The Morgan fingerprint density at radius 1 is 1.70 bits per heavy atom. The van der Waals surface area contributed by atoms with Crippen LogP contribution in [0.2, 0.25) is 0 Å². The van der Waals surface area contributed by atoms with Gasteiger partial charge in [-0.3, -0.25) is 0 Å². The number of hydrogen-bond acceptors (Lipinski definition) is 2. The molecule has 0 radical (unpaired) electrons. The van der Waals surface area contributed by atoms with Crippen LogP contribution in [-0.4, -0.2) is 6.61 Å². The van der Waals surface area contributed by atoms with Crippen molar-refractivity contribution in [2.75, 3.05) is 6.61 Å². The highest BCUT2D eigenvalue weighted by Crippen LogP contribution is 2.20. The minimum absolute atomic E-state index is 0.735. The van der Waals surface area contributed by atoms with Crippen molar-refractivity contribution in [2.45, 2.75) is 13.5 Å². The van der Waals surface area contributed by atoms with Crippen molar-refractivity contribution in [3.63, 3.8) is 0 Å². The first-order chi connectivity index (χ1) is 4.83. The number of hydrogen-bond donors (Lipinski definition) is 0. The van der Waals surface area contributed by atoms with E-state index in [9.17, 15) is 0 Å². The van der Waals surface area contributed by atoms with Crippen molar-refractivity contribution in [1.82, 2.24) is 0 Å². The molecule has 1 nitrogen and oxygen atoms in total. The molecule has 0 unspecified atom stereocenters. The van der Waals surface area contributed by atoms with Crippen molar-refractivity contribution in [2.24, 2.45) is 0 Å². The SMILES string of the molecule is CCOCc1csc(Br)c1. The quantitative estimate of drug-likeness (QED) is 0.762. The molecule has 0 atom stereocenters. The van der Waals surface area contributed by atoms with Gasteiger partial charge in [0.2, 0.25) is 0 Å². The molecule has 1 aromatic rings. The molecular formula is C7H9BrOS. The Morgan fingerprint density at radius 2 is 2.50 bits per heavy atom. The van der Waals surface area contributed by atoms with Crippen LogP contribution >= 0.6 is 27.3 Å². The van der Waals surface area contributed by atoms with Gasteiger partial charge in [-0.25, -0.2) is 0 Å². The van der Waals surface area contributed by atoms with Gasteiger partial charge in [-0.2, -0.15) is 0 Å². The molecule has 10 heavy (non-hydrogen) atoms. The Balaban J connectivity index is 2.42. The van der Waals surface area contributed by atoms with Crippen molar-refractivity contribution < 1.29 is 4.74 Å². The van der Waals surface area contributed by atoms with E-state index in [4.69, 9.17) is 4.74 Å². The van der Waals surface area contributed by atoms with Gasteiger partial charge in [0.15, 0.2) is 0 Å². The average molecular weight is 221 g/mol. The minimum atomic E-state index is 0.735. The Kier molecular flexibility index (Phi) is 3.39. The number of halogens is 1. The first kappa shape index (κ1) is 8.24. The molecule has 3 heteroatoms. The van der Waals surface area contributed by atoms with Crippen LogP contribution in [0.25, 0.3) is 0 Å². The summed E-state index contributed by atoms with van der Waals surface area (Å²) in [5.41, 5.74) is 1.25. The lowest BCUT2D eigenvalue weighted by molar-refractivity contribution is 0.134. The molecule has 0 spiro atoms. The first-order valence-corrected chi connectivity index (χ1v) is 4.81. The molecule has 1 aromatic heterocycles. The van der Waals surface area contributed by atoms with Crippen LogP contribution in [0.15, 0.2) is 15.2 Å². The third-order valence-corrected chi connectivity index (χ3v) is 2.65. The fourth-order valence-corrected chi connectivity index (χ4v) is 1.84. The van der Waals surface area contributed by atoms with Crippen molar-refractivity contribution in [3.05, 3.63) is 20.8 Å². The van der Waals surface area contributed by atoms with Crippen LogP contribution in [0, 0.1) is 0 Å². The van der Waals surface area contributed by atoms with E-state index in [0.717, 1.165) is 13.2 Å². The molecule has 56 valence electrons. The van der Waals surface area contributed by atoms with E-state index in [1.54, 1.807) is 11.3 Å². The monoisotopic (exact) mass is 220 g/mol. The van der Waals surface area contributed by atoms with Crippen LogP contribution in [-0.2, 0) is 11.3 Å². The van der Waals surface area contributed by atoms with Crippen LogP contribution in [0.3, 0.4) is 0 Å². The zero-order chi connectivity index (χ0) is 7.40. The third kappa shape index (κ3) is 2.40. The molecule has 0 aliphatic rings. The highest BCUT2D eigenvalue weighted by molar-refractivity contribution is 9.11. The highest BCUT2D eigenvalue weighted by Gasteiger charge is 1.94. The summed E-state index contributed by atoms with van der Waals surface area (Å²) in [5, 5.41) is 2.10. The van der Waals surface area contributed by atoms with Crippen molar-refractivity contribution in [3.8, 4) is 0 Å². The first-order valence-electron chi connectivity index (χ1n) is 3.13. The molecule has 0 saturated heterocycles. The molecule has 0 aromatic carbocycles. The Morgan fingerprint density at radius 3 is 3.00 bits per heavy atom. The molecular weight excluding hydrogens is 212 g/mol. The van der Waals surface area contributed by atoms with Crippen molar-refractivity contribution in [1.29, 1.82) is 0 Å². The Labute approximate surface area is 73.1 Å². The lowest BCUT2D eigenvalue weighted by atomic mass is 10.4. The fraction of sp³-hybridized carbons (Fsp3) is 0.429. The summed E-state index contributed by atoms with van der Waals surface area (Å²) < 4.78 is 6.39. The van der Waals surface area contributed by atoms with Crippen LogP contribution in [0.1, 0.15) is 12.5 Å². The number of thiophene rings is 1. The van der Waals surface area contributed by atoms with E-state index in [1.807, 2.05) is 6.92 Å². The second-order valence-electron chi connectivity index (χ2n) is 1.90. The summed E-state index contributed by atoms with van der Waals surface area (Å²) in [6.07, 6.45) is 0. The second-order valence-corrected chi connectivity index (χ2v) is 4.19. The van der Waals surface area contributed by atoms with Crippen LogP contribution < -0.4 is 0 Å². The van der Waals surface area contributed by atoms with Gasteiger partial charge < -0.3 is 4.74 Å². The van der Waals surface area contributed by atoms with E-state index in [1.165, 1.54) is 9.35 Å². The zero-order valence-electron chi connectivity index (χ0n) is 5.76. The minimum Gasteiger partial charge on any atom is -0.377 e. The normalized spacial score (nSPS) is 10.2. The number of rotatable bonds is 3. The maximum Gasteiger partial charge on any atom is 0.0725 e. The van der Waals surface area contributed by atoms with Crippen LogP contribution in [0.4, 0.5) is 0 Å². The van der Waals surface area contributed by atoms with Crippen LogP contribution in [0.5, 0.6) is 0 Å². The smallest absolute Gasteiger partial charge is 0.0725 e.